The van der Waals surface area contributed by atoms with Gasteiger partial charge in [-0.25, -0.2) is 0 Å². The zero-order valence-corrected chi connectivity index (χ0v) is 27.6. The Balaban J connectivity index is 1.48. The Morgan fingerprint density at radius 3 is 2.04 bits per heavy atom. The zero-order chi connectivity index (χ0) is 34.6. The van der Waals surface area contributed by atoms with Gasteiger partial charge in [0.05, 0.1) is 0 Å². The second kappa shape index (κ2) is 12.8. The van der Waals surface area contributed by atoms with Crippen molar-refractivity contribution in [2.24, 2.45) is 46.3 Å². The first-order valence-electron chi connectivity index (χ1n) is 16.0. The smallest absolute Gasteiger partial charge is 0.432 e. The molecule has 0 saturated heterocycles. The minimum atomic E-state index is -6.52. The highest BCUT2D eigenvalue weighted by atomic mass is 32.2. The Labute approximate surface area is 266 Å². The molecule has 4 rings (SSSR count). The van der Waals surface area contributed by atoms with E-state index in [1.165, 1.54) is 13.8 Å². The van der Waals surface area contributed by atoms with Gasteiger partial charge in [-0.2, -0.15) is 30.4 Å². The lowest BCUT2D eigenvalue weighted by atomic mass is 9.43. The first-order valence-corrected chi connectivity index (χ1v) is 17.4. The Hall–Kier alpha value is -2.03. The third kappa shape index (κ3) is 6.91. The van der Waals surface area contributed by atoms with Gasteiger partial charge in [-0.3, -0.25) is 18.9 Å². The molecule has 0 spiro atoms. The van der Waals surface area contributed by atoms with E-state index >= 15 is 0 Å². The van der Waals surface area contributed by atoms with E-state index < -0.39 is 40.0 Å². The Morgan fingerprint density at radius 2 is 1.48 bits per heavy atom. The maximum Gasteiger partial charge on any atom is 0.432 e. The largest absolute Gasteiger partial charge is 0.463 e. The summed E-state index contributed by atoms with van der Waals surface area (Å²) in [6, 6.07) is 0. The maximum absolute atomic E-state index is 13.9. The molecule has 0 aromatic carbocycles. The highest BCUT2D eigenvalue weighted by Crippen LogP contribution is 2.69. The van der Waals surface area contributed by atoms with Crippen molar-refractivity contribution in [3.8, 4) is 0 Å². The van der Waals surface area contributed by atoms with Crippen LogP contribution in [0.15, 0.2) is 0 Å². The zero-order valence-electron chi connectivity index (χ0n) is 26.8. The Bertz CT molecular complexity index is 1290. The fourth-order valence-corrected chi connectivity index (χ4v) is 10.5. The minimum absolute atomic E-state index is 0.0205. The molecule has 2 unspecified atom stereocenters. The molecule has 0 aliphatic heterocycles. The number of rotatable bonds is 9. The summed E-state index contributed by atoms with van der Waals surface area (Å²) in [6.07, 6.45) is -5.13. The van der Waals surface area contributed by atoms with Crippen molar-refractivity contribution in [2.45, 2.75) is 129 Å². The van der Waals surface area contributed by atoms with Crippen LogP contribution >= 0.6 is 0 Å². The summed E-state index contributed by atoms with van der Waals surface area (Å²) in [7, 11) is -6.52. The van der Waals surface area contributed by atoms with Gasteiger partial charge in [0.15, 0.2) is 0 Å². The second-order valence-corrected chi connectivity index (χ2v) is 16.1. The van der Waals surface area contributed by atoms with Gasteiger partial charge in [0.1, 0.15) is 12.2 Å². The van der Waals surface area contributed by atoms with Crippen molar-refractivity contribution >= 4 is 28.0 Å². The van der Waals surface area contributed by atoms with Crippen LogP contribution in [-0.4, -0.2) is 60.6 Å². The molecule has 0 radical (unpaired) electrons. The number of carbonyl (C=O) groups is 3. The number of halogens is 5. The third-order valence-corrected chi connectivity index (χ3v) is 12.9. The van der Waals surface area contributed by atoms with E-state index in [1.54, 1.807) is 0 Å². The van der Waals surface area contributed by atoms with Crippen LogP contribution in [-0.2, 0) is 38.7 Å². The first-order chi connectivity index (χ1) is 21.0. The van der Waals surface area contributed by atoms with Crippen molar-refractivity contribution in [1.29, 1.82) is 0 Å². The number of hydrogen-bond acceptors (Lipinski definition) is 8. The van der Waals surface area contributed by atoms with Gasteiger partial charge in [-0.05, 0) is 98.2 Å². The summed E-state index contributed by atoms with van der Waals surface area (Å²) in [5.41, 5.74) is -0.278. The Kier molecular flexibility index (Phi) is 10.2. The normalized spacial score (nSPS) is 37.6. The number of hydrogen-bond donors (Lipinski definition) is 1. The van der Waals surface area contributed by atoms with Crippen LogP contribution in [0.3, 0.4) is 0 Å². The number of esters is 3. The summed E-state index contributed by atoms with van der Waals surface area (Å²) >= 11 is 0. The van der Waals surface area contributed by atoms with Crippen LogP contribution in [0.25, 0.3) is 0 Å². The topological polar surface area (TPSA) is 133 Å². The third-order valence-electron chi connectivity index (χ3n) is 12.0. The summed E-state index contributed by atoms with van der Waals surface area (Å²) in [6.45, 7) is 9.11. The van der Waals surface area contributed by atoms with Gasteiger partial charge >= 0.3 is 39.5 Å². The summed E-state index contributed by atoms with van der Waals surface area (Å²) in [5, 5.41) is -5.77. The standard InChI is InChI=1S/C31H45F5O9S/c1-16(6-9-25(39)45-27(30(32,33)34)31(35,36)46(40,41)42)21-7-8-22-26-23(11-13-29(21,22)5)28(4)12-10-20(43-17(2)37)14-19(28)15-24(26)44-18(3)38/h16,19-24,26-27H,6-15H2,1-5H3,(H,40,41,42)/t16-,19?,20-,21-,22+,23+,24+,26+,27?,28+,29-/m1/s1. The molecule has 11 atom stereocenters. The number of fused-ring (bicyclic) bond motifs is 5. The monoisotopic (exact) mass is 688 g/mol. The minimum Gasteiger partial charge on any atom is -0.463 e. The lowest BCUT2D eigenvalue weighted by molar-refractivity contribution is -0.259. The van der Waals surface area contributed by atoms with Crippen molar-refractivity contribution in [3.63, 3.8) is 0 Å². The highest BCUT2D eigenvalue weighted by molar-refractivity contribution is 7.86. The fourth-order valence-electron chi connectivity index (χ4n) is 10.0. The van der Waals surface area contributed by atoms with E-state index in [1.807, 2.05) is 6.92 Å². The molecule has 1 N–H and O–H groups in total. The van der Waals surface area contributed by atoms with Gasteiger partial charge in [0, 0.05) is 26.2 Å². The molecular formula is C31H45F5O9S. The lowest BCUT2D eigenvalue weighted by Gasteiger charge is -2.62. The van der Waals surface area contributed by atoms with Crippen molar-refractivity contribution in [1.82, 2.24) is 0 Å². The second-order valence-electron chi connectivity index (χ2n) is 14.6. The maximum atomic E-state index is 13.9. The van der Waals surface area contributed by atoms with Gasteiger partial charge in [-0.1, -0.05) is 20.8 Å². The van der Waals surface area contributed by atoms with E-state index in [4.69, 9.17) is 14.0 Å². The van der Waals surface area contributed by atoms with Gasteiger partial charge in [-0.15, -0.1) is 0 Å². The van der Waals surface area contributed by atoms with E-state index in [2.05, 4.69) is 18.6 Å². The molecule has 0 aromatic heterocycles. The van der Waals surface area contributed by atoms with Crippen molar-refractivity contribution < 1.29 is 63.5 Å². The fraction of sp³-hybridized carbons (Fsp3) is 0.903. The van der Waals surface area contributed by atoms with Crippen molar-refractivity contribution in [2.75, 3.05) is 0 Å². The molecule has 46 heavy (non-hydrogen) atoms. The molecule has 0 heterocycles. The Morgan fingerprint density at radius 1 is 0.891 bits per heavy atom. The molecule has 15 heteroatoms. The van der Waals surface area contributed by atoms with E-state index in [0.29, 0.717) is 12.8 Å². The number of ether oxygens (including phenoxy) is 3. The van der Waals surface area contributed by atoms with Crippen LogP contribution in [0, 0.1) is 46.3 Å². The van der Waals surface area contributed by atoms with Gasteiger partial charge < -0.3 is 14.2 Å². The summed E-state index contributed by atoms with van der Waals surface area (Å²) < 4.78 is 114. The van der Waals surface area contributed by atoms with Gasteiger partial charge in [0.25, 0.3) is 6.10 Å². The molecule has 9 nitrogen and oxygen atoms in total. The van der Waals surface area contributed by atoms with Gasteiger partial charge in [0.2, 0.25) is 0 Å². The number of alkyl halides is 5. The van der Waals surface area contributed by atoms with E-state index in [0.717, 1.165) is 38.5 Å². The van der Waals surface area contributed by atoms with E-state index in [-0.39, 0.29) is 76.9 Å². The van der Waals surface area contributed by atoms with Crippen LogP contribution in [0.5, 0.6) is 0 Å². The quantitative estimate of drug-likeness (QED) is 0.125. The average molecular weight is 689 g/mol. The molecular weight excluding hydrogens is 643 g/mol. The number of carbonyl (C=O) groups excluding carboxylic acids is 3. The predicted molar refractivity (Wildman–Crippen MR) is 153 cm³/mol. The molecule has 4 fully saturated rings. The van der Waals surface area contributed by atoms with Crippen molar-refractivity contribution in [3.05, 3.63) is 0 Å². The van der Waals surface area contributed by atoms with Crippen LogP contribution in [0.2, 0.25) is 0 Å². The molecule has 0 aromatic rings. The predicted octanol–water partition coefficient (Wildman–Crippen LogP) is 6.49. The molecule has 4 aliphatic carbocycles. The lowest BCUT2D eigenvalue weighted by Crippen LogP contribution is -2.59. The SMILES string of the molecule is CC(=O)O[C@@H]1CC[C@@]2(C)C(C1)C[C@H](OC(C)=O)[C@H]1[C@@H]3CC[C@H]([C@H](C)CCC(=O)OC(C(F)(F)F)C(F)(F)S(=O)(=O)O)[C@@]3(C)CC[C@@H]12. The summed E-state index contributed by atoms with van der Waals surface area (Å²) in [4.78, 5) is 36.3. The average Bonchev–Trinajstić information content (AvgIpc) is 3.26. The molecule has 4 saturated carbocycles. The van der Waals surface area contributed by atoms with E-state index in [9.17, 15) is 44.8 Å². The first kappa shape index (κ1) is 36.8. The van der Waals surface area contributed by atoms with Crippen LogP contribution in [0.4, 0.5) is 22.0 Å². The van der Waals surface area contributed by atoms with Crippen LogP contribution in [0.1, 0.15) is 98.8 Å². The molecule has 0 amide bonds. The summed E-state index contributed by atoms with van der Waals surface area (Å²) in [5.74, 6) is -1.81. The molecule has 4 aliphatic rings. The molecule has 0 bridgehead atoms. The molecule has 264 valence electrons. The highest BCUT2D eigenvalue weighted by Gasteiger charge is 2.66. The van der Waals surface area contributed by atoms with Crippen LogP contribution < -0.4 is 0 Å².